The molecule has 1 aliphatic rings. The number of unbranched alkanes of at least 4 members (excludes halogenated alkanes) is 2. The number of hydrogen-bond acceptors (Lipinski definition) is 14. The lowest BCUT2D eigenvalue weighted by Crippen LogP contribution is -2.58. The Morgan fingerprint density at radius 3 is 2.15 bits per heavy atom. The lowest BCUT2D eigenvalue weighted by Gasteiger charge is -2.39. The van der Waals surface area contributed by atoms with Crippen LogP contribution < -0.4 is 37.6 Å². The molecule has 0 spiro atoms. The lowest BCUT2D eigenvalue weighted by atomic mass is 9.84. The van der Waals surface area contributed by atoms with Gasteiger partial charge in [0.15, 0.2) is 6.10 Å². The molecule has 0 saturated carbocycles. The summed E-state index contributed by atoms with van der Waals surface area (Å²) in [7, 11) is 1.92. The first-order chi connectivity index (χ1) is 37.7. The minimum absolute atomic E-state index is 0.00470. The van der Waals surface area contributed by atoms with Gasteiger partial charge in [-0.05, 0) is 108 Å². The molecule has 22 nitrogen and oxygen atoms in total. The number of nitrogens with zero attached hydrogens (tertiary/aromatic N) is 3. The van der Waals surface area contributed by atoms with Crippen molar-refractivity contribution < 1.29 is 57.8 Å². The van der Waals surface area contributed by atoms with E-state index in [-0.39, 0.29) is 98.0 Å². The van der Waals surface area contributed by atoms with Gasteiger partial charge in [0.05, 0.1) is 24.1 Å². The van der Waals surface area contributed by atoms with Crippen molar-refractivity contribution in [1.29, 1.82) is 0 Å². The number of carbonyl (C=O) groups excluding carboxylic acids is 8. The van der Waals surface area contributed by atoms with E-state index in [1.54, 1.807) is 58.9 Å². The first-order valence-corrected chi connectivity index (χ1v) is 29.3. The van der Waals surface area contributed by atoms with Gasteiger partial charge in [-0.25, -0.2) is 14.8 Å². The number of carboxylic acid groups (broad SMARTS) is 1. The quantitative estimate of drug-likeness (QED) is 0.0214. The molecule has 0 bridgehead atoms. The molecule has 8 atom stereocenters. The Balaban J connectivity index is 1.91. The maximum Gasteiger partial charge on any atom is 0.312 e. The average Bonchev–Trinajstić information content (AvgIpc) is 3.90. The molecule has 2 aromatic rings. The van der Waals surface area contributed by atoms with Crippen LogP contribution in [0.5, 0.6) is 0 Å². The van der Waals surface area contributed by atoms with E-state index in [0.29, 0.717) is 30.5 Å². The highest BCUT2D eigenvalue weighted by atomic mass is 32.1. The van der Waals surface area contributed by atoms with Crippen LogP contribution >= 0.6 is 11.3 Å². The van der Waals surface area contributed by atoms with Gasteiger partial charge in [0.2, 0.25) is 23.6 Å². The predicted molar refractivity (Wildman–Crippen MR) is 306 cm³/mol. The zero-order valence-corrected chi connectivity index (χ0v) is 50.1. The van der Waals surface area contributed by atoms with Crippen molar-refractivity contribution in [3.05, 3.63) is 45.9 Å². The molecular formula is C57H92N10O12S. The lowest BCUT2D eigenvalue weighted by molar-refractivity contribution is -0.213. The van der Waals surface area contributed by atoms with Gasteiger partial charge in [-0.1, -0.05) is 93.2 Å². The summed E-state index contributed by atoms with van der Waals surface area (Å²) in [5, 5.41) is 30.1. The van der Waals surface area contributed by atoms with Crippen LogP contribution in [0.2, 0.25) is 0 Å². The molecule has 9 N–H and O–H groups in total. The number of urea groups is 1. The zero-order chi connectivity index (χ0) is 59.9. The maximum absolute atomic E-state index is 14.9. The number of anilines is 1. The molecule has 2 heterocycles. The molecule has 1 aliphatic heterocycles. The number of hydroxylamine groups is 2. The number of hydrogen-bond donors (Lipinski definition) is 8. The molecule has 1 aromatic carbocycles. The van der Waals surface area contributed by atoms with E-state index in [1.807, 2.05) is 39.6 Å². The summed E-state index contributed by atoms with van der Waals surface area (Å²) in [5.41, 5.74) is 4.98. The number of amides is 8. The van der Waals surface area contributed by atoms with Crippen molar-refractivity contribution in [3.63, 3.8) is 0 Å². The van der Waals surface area contributed by atoms with Crippen LogP contribution in [0, 0.1) is 23.2 Å². The first kappa shape index (κ1) is 68.1. The highest BCUT2D eigenvalue weighted by Crippen LogP contribution is 2.33. The molecular weight excluding hydrogens is 1050 g/mol. The fraction of sp³-hybridized carbons (Fsp3) is 0.684. The number of aromatic nitrogens is 1. The predicted octanol–water partition coefficient (Wildman–Crippen LogP) is 6.39. The van der Waals surface area contributed by atoms with Crippen molar-refractivity contribution in [2.75, 3.05) is 32.1 Å². The summed E-state index contributed by atoms with van der Waals surface area (Å²) in [6.07, 6.45) is 5.43. The Kier molecular flexibility index (Phi) is 28.5. The van der Waals surface area contributed by atoms with Crippen molar-refractivity contribution in [2.24, 2.45) is 28.9 Å². The minimum atomic E-state index is -1.28. The SMILES string of the molecule is CCCCCON(C(=O)[C@@H](NC(=O)[C@H]1CCCCN1C)[C@@H](C)CC)[C@H](C[C@@H](OC(C)=O)c1nc(C(=O)N[C@@H](Cc2ccc(NC(=O)[C@H](CCCNC(N)=O)NC(=O)[C@@H](NC(=O)CC)C(C)C)cc2)CC(C)(C)C(=O)O)cs1)C(C)C. The van der Waals surface area contributed by atoms with Crippen LogP contribution in [0.4, 0.5) is 10.5 Å². The van der Waals surface area contributed by atoms with E-state index in [0.717, 1.165) is 43.6 Å². The Labute approximate surface area is 476 Å². The summed E-state index contributed by atoms with van der Waals surface area (Å²) in [6, 6.07) is 1.30. The molecule has 0 unspecified atom stereocenters. The molecule has 3 rings (SSSR count). The molecule has 1 saturated heterocycles. The number of aliphatic carboxylic acids is 1. The Morgan fingerprint density at radius 1 is 0.887 bits per heavy atom. The van der Waals surface area contributed by atoms with E-state index in [2.05, 4.69) is 43.8 Å². The van der Waals surface area contributed by atoms with E-state index in [9.17, 15) is 48.3 Å². The Hall–Kier alpha value is -6.20. The molecule has 1 aromatic heterocycles. The minimum Gasteiger partial charge on any atom is -0.481 e. The normalized spacial score (nSPS) is 16.4. The van der Waals surface area contributed by atoms with Crippen molar-refractivity contribution in [2.45, 2.75) is 202 Å². The van der Waals surface area contributed by atoms with Crippen LogP contribution in [0.25, 0.3) is 0 Å². The smallest absolute Gasteiger partial charge is 0.312 e. The molecule has 1 fully saturated rings. The monoisotopic (exact) mass is 1140 g/mol. The topological polar surface area (TPSA) is 310 Å². The highest BCUT2D eigenvalue weighted by Gasteiger charge is 2.40. The van der Waals surface area contributed by atoms with Gasteiger partial charge >= 0.3 is 18.0 Å². The number of nitrogens with two attached hydrogens (primary N) is 1. The third-order valence-corrected chi connectivity index (χ3v) is 15.4. The van der Waals surface area contributed by atoms with E-state index in [1.165, 1.54) is 17.4 Å². The highest BCUT2D eigenvalue weighted by molar-refractivity contribution is 7.09. The van der Waals surface area contributed by atoms with Crippen molar-refractivity contribution in [1.82, 2.24) is 41.5 Å². The molecule has 8 amide bonds. The Morgan fingerprint density at radius 2 is 1.57 bits per heavy atom. The van der Waals surface area contributed by atoms with Gasteiger partial charge in [0, 0.05) is 43.4 Å². The third-order valence-electron chi connectivity index (χ3n) is 14.5. The largest absolute Gasteiger partial charge is 0.481 e. The molecule has 0 radical (unpaired) electrons. The summed E-state index contributed by atoms with van der Waals surface area (Å²) in [6.45, 7) is 20.5. The van der Waals surface area contributed by atoms with Gasteiger partial charge in [0.25, 0.3) is 11.8 Å². The van der Waals surface area contributed by atoms with Gasteiger partial charge in [-0.15, -0.1) is 11.3 Å². The summed E-state index contributed by atoms with van der Waals surface area (Å²) in [5.74, 6) is -5.14. The molecule has 448 valence electrons. The maximum atomic E-state index is 14.9. The third kappa shape index (κ3) is 22.0. The number of carboxylic acids is 1. The molecule has 23 heteroatoms. The van der Waals surface area contributed by atoms with Crippen LogP contribution in [-0.2, 0) is 49.6 Å². The summed E-state index contributed by atoms with van der Waals surface area (Å²) in [4.78, 5) is 132. The van der Waals surface area contributed by atoms with E-state index in [4.69, 9.17) is 15.3 Å². The second-order valence-corrected chi connectivity index (χ2v) is 23.3. The average molecular weight is 1140 g/mol. The fourth-order valence-corrected chi connectivity index (χ4v) is 10.2. The number of nitrogens with one attached hydrogen (secondary N) is 6. The number of rotatable bonds is 34. The zero-order valence-electron chi connectivity index (χ0n) is 49.2. The molecule has 0 aliphatic carbocycles. The second kappa shape index (κ2) is 33.5. The number of piperidine rings is 1. The molecule has 80 heavy (non-hydrogen) atoms. The summed E-state index contributed by atoms with van der Waals surface area (Å²) < 4.78 is 5.91. The van der Waals surface area contributed by atoms with Gasteiger partial charge < -0.3 is 47.5 Å². The summed E-state index contributed by atoms with van der Waals surface area (Å²) >= 11 is 1.09. The fourth-order valence-electron chi connectivity index (χ4n) is 9.34. The van der Waals surface area contributed by atoms with E-state index < -0.39 is 83.3 Å². The number of benzene rings is 1. The van der Waals surface area contributed by atoms with Crippen molar-refractivity contribution in [3.8, 4) is 0 Å². The number of ether oxygens (including phenoxy) is 1. The number of likely N-dealkylation sites (tertiary alicyclic amines) is 1. The van der Waals surface area contributed by atoms with Crippen molar-refractivity contribution >= 4 is 70.4 Å². The number of primary amides is 1. The first-order valence-electron chi connectivity index (χ1n) is 28.4. The van der Waals surface area contributed by atoms with Gasteiger partial charge in [-0.2, -0.15) is 0 Å². The van der Waals surface area contributed by atoms with Crippen LogP contribution in [-0.4, -0.2) is 136 Å². The number of thiazole rings is 1. The van der Waals surface area contributed by atoms with Gasteiger partial charge in [-0.3, -0.25) is 48.1 Å². The number of carbonyl (C=O) groups is 9. The van der Waals surface area contributed by atoms with Crippen LogP contribution in [0.15, 0.2) is 29.6 Å². The van der Waals surface area contributed by atoms with E-state index >= 15 is 0 Å². The van der Waals surface area contributed by atoms with Gasteiger partial charge in [0.1, 0.15) is 28.8 Å². The number of likely N-dealkylation sites (N-methyl/N-ethyl adjacent to an activating group) is 1. The number of esters is 1. The van der Waals surface area contributed by atoms with Crippen LogP contribution in [0.3, 0.4) is 0 Å². The van der Waals surface area contributed by atoms with Crippen LogP contribution in [0.1, 0.15) is 180 Å². The standard InChI is InChI=1S/C57H92N10O12S/c1-13-16-19-29-78-67(54(74)48(36(8)14-2)65-51(72)43-22-17-18-28-66(43)12)44(34(4)5)31-45(79-37(9)68)53-63-42(33-80-53)50(71)61-40(32-57(10,11)55(75)76)30-38-23-25-39(26-24-38)60-49(70)41(21-20-27-59-56(58)77)62-52(73)47(35(6)7)64-46(69)15-3/h23-26,33-36,40-41,43-45,47-48H,13-22,27-32H2,1-12H3,(H,60,70)(H,61,71)(H,62,73)(H,64,69)(H,65,72)(H,75,76)(H3,58,59,77)/t36-,40-,41-,43+,44+,45+,47-,48-/m0/s1. The second-order valence-electron chi connectivity index (χ2n) is 22.4. The Bertz CT molecular complexity index is 2360.